The van der Waals surface area contributed by atoms with E-state index in [1.807, 2.05) is 43.3 Å². The van der Waals surface area contributed by atoms with Crippen LogP contribution in [0.1, 0.15) is 26.2 Å². The van der Waals surface area contributed by atoms with Crippen LogP contribution in [0.3, 0.4) is 0 Å². The lowest BCUT2D eigenvalue weighted by Crippen LogP contribution is -2.34. The number of para-hydroxylation sites is 2. The number of carbonyl (C=O) groups is 1. The Kier molecular flexibility index (Phi) is 5.38. The SMILES string of the molecule is CCCn1c(=O)n(CCC(=O)N[C@@H]2C=C[C@H](CO)C2)c2ccccc21. The Morgan fingerprint density at radius 3 is 2.48 bits per heavy atom. The molecular weight excluding hydrogens is 318 g/mol. The number of aliphatic hydroxyl groups is 1. The Hall–Kier alpha value is -2.34. The molecule has 1 amide bonds. The molecule has 0 saturated carbocycles. The number of nitrogens with zero attached hydrogens (tertiary/aromatic N) is 2. The van der Waals surface area contributed by atoms with Crippen molar-refractivity contribution in [2.75, 3.05) is 6.61 Å². The summed E-state index contributed by atoms with van der Waals surface area (Å²) in [6.07, 6.45) is 5.74. The van der Waals surface area contributed by atoms with E-state index >= 15 is 0 Å². The van der Waals surface area contributed by atoms with Crippen molar-refractivity contribution in [2.24, 2.45) is 5.92 Å². The van der Waals surface area contributed by atoms with Gasteiger partial charge in [-0.15, -0.1) is 0 Å². The Bertz CT molecular complexity index is 834. The summed E-state index contributed by atoms with van der Waals surface area (Å²) in [4.78, 5) is 24.9. The summed E-state index contributed by atoms with van der Waals surface area (Å²) >= 11 is 0. The maximum atomic E-state index is 12.7. The van der Waals surface area contributed by atoms with E-state index in [0.29, 0.717) is 13.1 Å². The second-order valence-electron chi connectivity index (χ2n) is 6.56. The van der Waals surface area contributed by atoms with Gasteiger partial charge in [0.05, 0.1) is 11.0 Å². The molecule has 2 aromatic rings. The first-order chi connectivity index (χ1) is 12.1. The second-order valence-corrected chi connectivity index (χ2v) is 6.56. The summed E-state index contributed by atoms with van der Waals surface area (Å²) in [5.74, 6) is 0.0485. The van der Waals surface area contributed by atoms with Gasteiger partial charge in [0, 0.05) is 38.1 Å². The van der Waals surface area contributed by atoms with Gasteiger partial charge in [-0.3, -0.25) is 13.9 Å². The molecule has 1 aromatic heterocycles. The van der Waals surface area contributed by atoms with Crippen LogP contribution in [-0.2, 0) is 17.9 Å². The van der Waals surface area contributed by atoms with Crippen molar-refractivity contribution >= 4 is 16.9 Å². The number of carbonyl (C=O) groups excluding carboxylic acids is 1. The van der Waals surface area contributed by atoms with E-state index in [4.69, 9.17) is 5.11 Å². The number of imidazole rings is 1. The number of fused-ring (bicyclic) bond motifs is 1. The van der Waals surface area contributed by atoms with Crippen LogP contribution in [0.2, 0.25) is 0 Å². The molecule has 6 nitrogen and oxygen atoms in total. The quantitative estimate of drug-likeness (QED) is 0.751. The average Bonchev–Trinajstić information content (AvgIpc) is 3.17. The zero-order valence-electron chi connectivity index (χ0n) is 14.5. The monoisotopic (exact) mass is 343 g/mol. The summed E-state index contributed by atoms with van der Waals surface area (Å²) in [6, 6.07) is 7.68. The van der Waals surface area contributed by atoms with Crippen LogP contribution in [0.25, 0.3) is 11.0 Å². The Morgan fingerprint density at radius 1 is 1.20 bits per heavy atom. The molecule has 2 N–H and O–H groups in total. The predicted molar refractivity (Wildman–Crippen MR) is 97.4 cm³/mol. The number of hydrogen-bond donors (Lipinski definition) is 2. The summed E-state index contributed by atoms with van der Waals surface area (Å²) in [5.41, 5.74) is 1.73. The summed E-state index contributed by atoms with van der Waals surface area (Å²) < 4.78 is 3.46. The molecule has 0 radical (unpaired) electrons. The third-order valence-corrected chi connectivity index (χ3v) is 4.69. The molecule has 0 saturated heterocycles. The Labute approximate surface area is 146 Å². The van der Waals surface area contributed by atoms with Crippen molar-refractivity contribution in [3.8, 4) is 0 Å². The third kappa shape index (κ3) is 3.69. The fourth-order valence-corrected chi connectivity index (χ4v) is 3.44. The fourth-order valence-electron chi connectivity index (χ4n) is 3.44. The number of rotatable bonds is 7. The second kappa shape index (κ2) is 7.70. The molecule has 0 unspecified atom stereocenters. The van der Waals surface area contributed by atoms with E-state index in [2.05, 4.69) is 5.32 Å². The lowest BCUT2D eigenvalue weighted by Gasteiger charge is -2.12. The number of nitrogens with one attached hydrogen (secondary N) is 1. The summed E-state index contributed by atoms with van der Waals surface area (Å²) in [7, 11) is 0. The number of aryl methyl sites for hydroxylation is 2. The molecule has 134 valence electrons. The fraction of sp³-hybridized carbons (Fsp3) is 0.474. The van der Waals surface area contributed by atoms with Gasteiger partial charge in [-0.25, -0.2) is 4.79 Å². The van der Waals surface area contributed by atoms with Gasteiger partial charge in [-0.1, -0.05) is 31.2 Å². The number of benzene rings is 1. The van der Waals surface area contributed by atoms with E-state index < -0.39 is 0 Å². The summed E-state index contributed by atoms with van der Waals surface area (Å²) in [5, 5.41) is 12.1. The molecule has 1 aliphatic carbocycles. The topological polar surface area (TPSA) is 76.3 Å². The smallest absolute Gasteiger partial charge is 0.329 e. The van der Waals surface area contributed by atoms with E-state index in [0.717, 1.165) is 23.9 Å². The Morgan fingerprint density at radius 2 is 1.88 bits per heavy atom. The molecule has 1 heterocycles. The van der Waals surface area contributed by atoms with E-state index in [1.165, 1.54) is 0 Å². The molecule has 1 aliphatic rings. The zero-order chi connectivity index (χ0) is 17.8. The van der Waals surface area contributed by atoms with Crippen LogP contribution < -0.4 is 11.0 Å². The first-order valence-corrected chi connectivity index (χ1v) is 8.90. The lowest BCUT2D eigenvalue weighted by molar-refractivity contribution is -0.121. The number of amides is 1. The minimum absolute atomic E-state index is 0.0252. The molecule has 6 heteroatoms. The third-order valence-electron chi connectivity index (χ3n) is 4.69. The van der Waals surface area contributed by atoms with E-state index in [9.17, 15) is 9.59 Å². The standard InChI is InChI=1S/C19H25N3O3/c1-2-10-21-16-5-3-4-6-17(16)22(19(21)25)11-9-18(24)20-15-8-7-14(12-15)13-23/h3-8,14-15,23H,2,9-13H2,1H3,(H,20,24)/t14-,15+/m0/s1. The van der Waals surface area contributed by atoms with Gasteiger partial charge in [0.15, 0.2) is 0 Å². The minimum Gasteiger partial charge on any atom is -0.396 e. The highest BCUT2D eigenvalue weighted by Crippen LogP contribution is 2.17. The highest BCUT2D eigenvalue weighted by atomic mass is 16.3. The van der Waals surface area contributed by atoms with Crippen molar-refractivity contribution in [3.63, 3.8) is 0 Å². The van der Waals surface area contributed by atoms with E-state index in [-0.39, 0.29) is 36.6 Å². The Balaban J connectivity index is 1.69. The first-order valence-electron chi connectivity index (χ1n) is 8.90. The van der Waals surface area contributed by atoms with Gasteiger partial charge >= 0.3 is 5.69 Å². The molecule has 0 aliphatic heterocycles. The molecule has 0 spiro atoms. The van der Waals surface area contributed by atoms with Gasteiger partial charge in [0.25, 0.3) is 0 Å². The normalized spacial score (nSPS) is 19.6. The largest absolute Gasteiger partial charge is 0.396 e. The number of hydrogen-bond acceptors (Lipinski definition) is 3. The molecule has 2 atom stereocenters. The zero-order valence-corrected chi connectivity index (χ0v) is 14.5. The van der Waals surface area contributed by atoms with Gasteiger partial charge in [0.1, 0.15) is 0 Å². The molecule has 3 rings (SSSR count). The molecular formula is C19H25N3O3. The van der Waals surface area contributed by atoms with Crippen LogP contribution in [0.4, 0.5) is 0 Å². The van der Waals surface area contributed by atoms with Crippen molar-refractivity contribution < 1.29 is 9.90 Å². The molecule has 0 bridgehead atoms. The molecule has 1 aromatic carbocycles. The van der Waals surface area contributed by atoms with Gasteiger partial charge in [0.2, 0.25) is 5.91 Å². The maximum Gasteiger partial charge on any atom is 0.329 e. The van der Waals surface area contributed by atoms with Gasteiger partial charge in [-0.2, -0.15) is 0 Å². The van der Waals surface area contributed by atoms with Gasteiger partial charge < -0.3 is 10.4 Å². The van der Waals surface area contributed by atoms with Crippen LogP contribution in [-0.4, -0.2) is 32.8 Å². The maximum absolute atomic E-state index is 12.7. The van der Waals surface area contributed by atoms with Crippen molar-refractivity contribution in [1.29, 1.82) is 0 Å². The number of aromatic nitrogens is 2. The van der Waals surface area contributed by atoms with E-state index in [1.54, 1.807) is 9.13 Å². The van der Waals surface area contributed by atoms with Crippen LogP contribution in [0.5, 0.6) is 0 Å². The average molecular weight is 343 g/mol. The van der Waals surface area contributed by atoms with Crippen LogP contribution >= 0.6 is 0 Å². The van der Waals surface area contributed by atoms with Crippen LogP contribution in [0, 0.1) is 5.92 Å². The van der Waals surface area contributed by atoms with Gasteiger partial charge in [-0.05, 0) is 25.0 Å². The van der Waals surface area contributed by atoms with Crippen molar-refractivity contribution in [3.05, 3.63) is 46.9 Å². The molecule has 25 heavy (non-hydrogen) atoms. The summed E-state index contributed by atoms with van der Waals surface area (Å²) in [6.45, 7) is 3.19. The lowest BCUT2D eigenvalue weighted by atomic mass is 10.1. The van der Waals surface area contributed by atoms with Crippen LogP contribution in [0.15, 0.2) is 41.2 Å². The highest BCUT2D eigenvalue weighted by Gasteiger charge is 2.20. The van der Waals surface area contributed by atoms with Crippen molar-refractivity contribution in [1.82, 2.24) is 14.5 Å². The molecule has 0 fully saturated rings. The first kappa shape index (κ1) is 17.5. The highest BCUT2D eigenvalue weighted by molar-refractivity contribution is 5.78. The number of aliphatic hydroxyl groups excluding tert-OH is 1. The predicted octanol–water partition coefficient (Wildman–Crippen LogP) is 1.66. The van der Waals surface area contributed by atoms with Crippen molar-refractivity contribution in [2.45, 2.75) is 45.3 Å². The minimum atomic E-state index is -0.0764.